The number of hydrogen-bond acceptors (Lipinski definition) is 6. The van der Waals surface area contributed by atoms with Gasteiger partial charge in [-0.15, -0.1) is 0 Å². The topological polar surface area (TPSA) is 71.5 Å². The van der Waals surface area contributed by atoms with Gasteiger partial charge < -0.3 is 9.64 Å². The van der Waals surface area contributed by atoms with Crippen LogP contribution >= 0.6 is 0 Å². The van der Waals surface area contributed by atoms with Crippen LogP contribution in [0.5, 0.6) is 5.88 Å². The second kappa shape index (κ2) is 7.74. The Kier molecular flexibility index (Phi) is 5.04. The van der Waals surface area contributed by atoms with Gasteiger partial charge in [0.1, 0.15) is 11.8 Å². The second-order valence-corrected chi connectivity index (χ2v) is 8.36. The monoisotopic (exact) mass is 433 g/mol. The normalized spacial score (nSPS) is 24.2. The largest absolute Gasteiger partial charge is 0.472 e. The number of amides is 1. The molecule has 0 spiro atoms. The molecule has 1 aliphatic carbocycles. The first-order chi connectivity index (χ1) is 14.9. The molecule has 2 aromatic heterocycles. The van der Waals surface area contributed by atoms with Gasteiger partial charge in [0.15, 0.2) is 0 Å². The first kappa shape index (κ1) is 20.2. The van der Waals surface area contributed by atoms with Gasteiger partial charge in [0.25, 0.3) is 5.91 Å². The zero-order valence-corrected chi connectivity index (χ0v) is 16.8. The van der Waals surface area contributed by atoms with Crippen LogP contribution in [-0.2, 0) is 6.18 Å². The van der Waals surface area contributed by atoms with Crippen molar-refractivity contribution in [1.29, 1.82) is 0 Å². The molecule has 2 aliphatic heterocycles. The molecule has 1 amide bonds. The van der Waals surface area contributed by atoms with Gasteiger partial charge in [-0.1, -0.05) is 0 Å². The highest BCUT2D eigenvalue weighted by atomic mass is 19.4. The van der Waals surface area contributed by atoms with Crippen LogP contribution in [0.2, 0.25) is 0 Å². The fourth-order valence-corrected chi connectivity index (χ4v) is 4.26. The lowest BCUT2D eigenvalue weighted by Gasteiger charge is -2.36. The summed E-state index contributed by atoms with van der Waals surface area (Å²) in [6.07, 6.45) is 2.75. The number of halogens is 3. The summed E-state index contributed by atoms with van der Waals surface area (Å²) in [6, 6.07) is 2.17. The lowest BCUT2D eigenvalue weighted by atomic mass is 10.1. The van der Waals surface area contributed by atoms with E-state index in [4.69, 9.17) is 4.74 Å². The highest BCUT2D eigenvalue weighted by molar-refractivity contribution is 5.92. The van der Waals surface area contributed by atoms with Gasteiger partial charge in [0.05, 0.1) is 23.7 Å². The molecule has 0 bridgehead atoms. The third kappa shape index (κ3) is 4.34. The van der Waals surface area contributed by atoms with Crippen molar-refractivity contribution in [2.45, 2.75) is 43.5 Å². The molecule has 10 heteroatoms. The maximum absolute atomic E-state index is 12.7. The molecular formula is C21H22F3N5O2. The molecule has 3 aliphatic rings. The van der Waals surface area contributed by atoms with Crippen molar-refractivity contribution in [2.24, 2.45) is 0 Å². The number of alkyl halides is 3. The Hall–Kier alpha value is -2.75. The highest BCUT2D eigenvalue weighted by Gasteiger charge is 2.39. The van der Waals surface area contributed by atoms with Gasteiger partial charge in [-0.25, -0.2) is 4.98 Å². The van der Waals surface area contributed by atoms with Crippen LogP contribution in [-0.4, -0.2) is 69.0 Å². The summed E-state index contributed by atoms with van der Waals surface area (Å²) in [5.41, 5.74) is 0.179. The number of nitrogens with zero attached hydrogens (tertiary/aromatic N) is 5. The SMILES string of the molecule is O=C(c1ccc(C(F)(F)F)cn1)N1CCN2C[C@H](Oc3cnc(C4CC4)cn3)C[C@H]2C1. The third-order valence-electron chi connectivity index (χ3n) is 6.11. The number of piperazine rings is 1. The van der Waals surface area contributed by atoms with E-state index in [0.717, 1.165) is 30.8 Å². The third-order valence-corrected chi connectivity index (χ3v) is 6.11. The first-order valence-electron chi connectivity index (χ1n) is 10.4. The number of hydrogen-bond donors (Lipinski definition) is 0. The fraction of sp³-hybridized carbons (Fsp3) is 0.524. The Morgan fingerprint density at radius 1 is 1.03 bits per heavy atom. The Morgan fingerprint density at radius 3 is 2.52 bits per heavy atom. The minimum Gasteiger partial charge on any atom is -0.472 e. The molecule has 7 nitrogen and oxygen atoms in total. The molecule has 31 heavy (non-hydrogen) atoms. The van der Waals surface area contributed by atoms with E-state index < -0.39 is 11.7 Å². The number of pyridine rings is 1. The highest BCUT2D eigenvalue weighted by Crippen LogP contribution is 2.38. The predicted octanol–water partition coefficient (Wildman–Crippen LogP) is 2.75. The van der Waals surface area contributed by atoms with Crippen molar-refractivity contribution < 1.29 is 22.7 Å². The van der Waals surface area contributed by atoms with Crippen LogP contribution in [0.25, 0.3) is 0 Å². The average Bonchev–Trinajstić information content (AvgIpc) is 3.53. The van der Waals surface area contributed by atoms with Crippen LogP contribution in [0.1, 0.15) is 46.9 Å². The van der Waals surface area contributed by atoms with Gasteiger partial charge in [-0.05, 0) is 25.0 Å². The molecular weight excluding hydrogens is 411 g/mol. The molecule has 2 saturated heterocycles. The maximum atomic E-state index is 12.7. The predicted molar refractivity (Wildman–Crippen MR) is 104 cm³/mol. The molecule has 5 rings (SSSR count). The second-order valence-electron chi connectivity index (χ2n) is 8.36. The summed E-state index contributed by atoms with van der Waals surface area (Å²) >= 11 is 0. The number of rotatable bonds is 4. The first-order valence-corrected chi connectivity index (χ1v) is 10.4. The average molecular weight is 433 g/mol. The van der Waals surface area contributed by atoms with E-state index in [0.29, 0.717) is 37.6 Å². The summed E-state index contributed by atoms with van der Waals surface area (Å²) < 4.78 is 44.1. The van der Waals surface area contributed by atoms with E-state index in [9.17, 15) is 18.0 Å². The lowest BCUT2D eigenvalue weighted by molar-refractivity contribution is -0.137. The van der Waals surface area contributed by atoms with Gasteiger partial charge in [0, 0.05) is 50.8 Å². The van der Waals surface area contributed by atoms with Gasteiger partial charge >= 0.3 is 6.18 Å². The minimum atomic E-state index is -4.47. The van der Waals surface area contributed by atoms with Crippen LogP contribution < -0.4 is 4.74 Å². The van der Waals surface area contributed by atoms with Gasteiger partial charge in [-0.3, -0.25) is 19.7 Å². The number of carbonyl (C=O) groups excluding carboxylic acids is 1. The number of fused-ring (bicyclic) bond motifs is 1. The van der Waals surface area contributed by atoms with Crippen LogP contribution in [0, 0.1) is 0 Å². The summed E-state index contributed by atoms with van der Waals surface area (Å²) in [5.74, 6) is 0.708. The molecule has 0 aromatic carbocycles. The molecule has 2 atom stereocenters. The van der Waals surface area contributed by atoms with E-state index in [1.54, 1.807) is 17.3 Å². The Balaban J connectivity index is 1.18. The lowest BCUT2D eigenvalue weighted by Crippen LogP contribution is -2.52. The quantitative estimate of drug-likeness (QED) is 0.739. The molecule has 0 radical (unpaired) electrons. The summed E-state index contributed by atoms with van der Waals surface area (Å²) in [5, 5.41) is 0. The summed E-state index contributed by atoms with van der Waals surface area (Å²) in [7, 11) is 0. The van der Waals surface area contributed by atoms with E-state index in [2.05, 4.69) is 19.9 Å². The van der Waals surface area contributed by atoms with Gasteiger partial charge in [-0.2, -0.15) is 13.2 Å². The van der Waals surface area contributed by atoms with Crippen LogP contribution in [0.15, 0.2) is 30.7 Å². The molecule has 0 N–H and O–H groups in total. The molecule has 3 fully saturated rings. The smallest absolute Gasteiger partial charge is 0.417 e. The van der Waals surface area contributed by atoms with Crippen molar-refractivity contribution in [3.8, 4) is 5.88 Å². The Labute approximate surface area is 177 Å². The van der Waals surface area contributed by atoms with Crippen molar-refractivity contribution in [3.05, 3.63) is 47.7 Å². The molecule has 4 heterocycles. The summed E-state index contributed by atoms with van der Waals surface area (Å²) in [4.78, 5) is 29.2. The van der Waals surface area contributed by atoms with Crippen molar-refractivity contribution in [3.63, 3.8) is 0 Å². The van der Waals surface area contributed by atoms with Crippen molar-refractivity contribution >= 4 is 5.91 Å². The molecule has 1 saturated carbocycles. The fourth-order valence-electron chi connectivity index (χ4n) is 4.26. The van der Waals surface area contributed by atoms with E-state index in [-0.39, 0.29) is 23.7 Å². The molecule has 0 unspecified atom stereocenters. The van der Waals surface area contributed by atoms with Gasteiger partial charge in [0.2, 0.25) is 5.88 Å². The zero-order valence-electron chi connectivity index (χ0n) is 16.8. The van der Waals surface area contributed by atoms with Crippen molar-refractivity contribution in [2.75, 3.05) is 26.2 Å². The van der Waals surface area contributed by atoms with Crippen LogP contribution in [0.4, 0.5) is 13.2 Å². The maximum Gasteiger partial charge on any atom is 0.417 e. The minimum absolute atomic E-state index is 0.0262. The van der Waals surface area contributed by atoms with Crippen LogP contribution in [0.3, 0.4) is 0 Å². The Morgan fingerprint density at radius 2 is 1.87 bits per heavy atom. The van der Waals surface area contributed by atoms with E-state index in [1.807, 2.05) is 0 Å². The molecule has 164 valence electrons. The zero-order chi connectivity index (χ0) is 21.6. The number of aromatic nitrogens is 3. The standard InChI is InChI=1S/C21H22F3N5O2/c22-21(23,24)14-3-4-17(25-8-14)20(30)29-6-5-28-12-16(7-15(28)11-29)31-19-10-26-18(9-27-19)13-1-2-13/h3-4,8-10,13,15-16H,1-2,5-7,11-12H2/t15-,16+/m0/s1. The summed E-state index contributed by atoms with van der Waals surface area (Å²) in [6.45, 7) is 2.43. The number of carbonyl (C=O) groups is 1. The van der Waals surface area contributed by atoms with E-state index >= 15 is 0 Å². The van der Waals surface area contributed by atoms with Crippen molar-refractivity contribution in [1.82, 2.24) is 24.8 Å². The number of ether oxygens (including phenoxy) is 1. The van der Waals surface area contributed by atoms with E-state index in [1.165, 1.54) is 12.8 Å². The molecule has 2 aromatic rings. The Bertz CT molecular complexity index is 947.